The van der Waals surface area contributed by atoms with E-state index in [-0.39, 0.29) is 0 Å². The van der Waals surface area contributed by atoms with Crippen molar-refractivity contribution >= 4 is 65.0 Å². The van der Waals surface area contributed by atoms with Crippen LogP contribution in [0.1, 0.15) is 0 Å². The highest BCUT2D eigenvalue weighted by atomic mass is 16.3. The first-order valence-electron chi connectivity index (χ1n) is 16.0. The summed E-state index contributed by atoms with van der Waals surface area (Å²) in [5, 5.41) is 12.4. The summed E-state index contributed by atoms with van der Waals surface area (Å²) < 4.78 is 6.40. The van der Waals surface area contributed by atoms with Crippen molar-refractivity contribution < 1.29 is 4.42 Å². The lowest BCUT2D eigenvalue weighted by Crippen LogP contribution is -1.88. The van der Waals surface area contributed by atoms with E-state index in [0.717, 1.165) is 33.0 Å². The van der Waals surface area contributed by atoms with Crippen LogP contribution in [0.3, 0.4) is 0 Å². The van der Waals surface area contributed by atoms with Gasteiger partial charge in [0.05, 0.1) is 0 Å². The number of rotatable bonds is 3. The molecule has 0 amide bonds. The van der Waals surface area contributed by atoms with E-state index in [1.807, 2.05) is 36.4 Å². The smallest absolute Gasteiger partial charge is 0.227 e. The van der Waals surface area contributed by atoms with Crippen molar-refractivity contribution in [2.24, 2.45) is 0 Å². The molecule has 0 fully saturated rings. The molecule has 0 N–H and O–H groups in total. The molecule has 1 heterocycles. The Balaban J connectivity index is 1.15. The predicted molar refractivity (Wildman–Crippen MR) is 198 cm³/mol. The molecular weight excluding hydrogens is 571 g/mol. The molecule has 2 nitrogen and oxygen atoms in total. The zero-order valence-corrected chi connectivity index (χ0v) is 25.4. The van der Waals surface area contributed by atoms with E-state index in [2.05, 4.69) is 127 Å². The first-order chi connectivity index (χ1) is 23.3. The summed E-state index contributed by atoms with van der Waals surface area (Å²) in [7, 11) is 0. The van der Waals surface area contributed by atoms with Gasteiger partial charge in [-0.2, -0.15) is 0 Å². The van der Waals surface area contributed by atoms with Crippen LogP contribution in [0.5, 0.6) is 0 Å². The van der Waals surface area contributed by atoms with Gasteiger partial charge in [-0.1, -0.05) is 133 Å². The molecule has 1 aromatic heterocycles. The predicted octanol–water partition coefficient (Wildman–Crippen LogP) is 12.6. The van der Waals surface area contributed by atoms with Gasteiger partial charge in [-0.15, -0.1) is 0 Å². The number of aromatic nitrogens is 1. The molecule has 47 heavy (non-hydrogen) atoms. The van der Waals surface area contributed by atoms with Gasteiger partial charge in [-0.05, 0) is 101 Å². The third kappa shape index (κ3) is 4.02. The Kier molecular flexibility index (Phi) is 5.61. The third-order valence-corrected chi connectivity index (χ3v) is 9.68. The normalized spacial score (nSPS) is 11.8. The number of benzene rings is 9. The van der Waals surface area contributed by atoms with Crippen LogP contribution in [-0.2, 0) is 0 Å². The summed E-state index contributed by atoms with van der Waals surface area (Å²) in [4.78, 5) is 4.82. The van der Waals surface area contributed by atoms with Gasteiger partial charge >= 0.3 is 0 Å². The van der Waals surface area contributed by atoms with Gasteiger partial charge in [0.25, 0.3) is 0 Å². The molecule has 0 atom stereocenters. The third-order valence-electron chi connectivity index (χ3n) is 9.68. The Morgan fingerprint density at radius 1 is 0.340 bits per heavy atom. The largest absolute Gasteiger partial charge is 0.435 e. The molecule has 10 rings (SSSR count). The number of nitrogens with zero attached hydrogens (tertiary/aromatic N) is 1. The van der Waals surface area contributed by atoms with Crippen LogP contribution >= 0.6 is 0 Å². The molecule has 0 unspecified atom stereocenters. The highest BCUT2D eigenvalue weighted by molar-refractivity contribution is 6.26. The lowest BCUT2D eigenvalue weighted by Gasteiger charge is -2.15. The van der Waals surface area contributed by atoms with Crippen LogP contribution in [0, 0.1) is 0 Å². The van der Waals surface area contributed by atoms with Gasteiger partial charge in [0.2, 0.25) is 5.89 Å². The fourth-order valence-corrected chi connectivity index (χ4v) is 7.45. The van der Waals surface area contributed by atoms with Crippen LogP contribution < -0.4 is 0 Å². The maximum absolute atomic E-state index is 6.40. The number of hydrogen-bond donors (Lipinski definition) is 0. The van der Waals surface area contributed by atoms with Crippen molar-refractivity contribution in [1.29, 1.82) is 0 Å². The molecule has 0 aliphatic carbocycles. The van der Waals surface area contributed by atoms with E-state index >= 15 is 0 Å². The van der Waals surface area contributed by atoms with E-state index in [9.17, 15) is 0 Å². The summed E-state index contributed by atoms with van der Waals surface area (Å²) in [6, 6.07) is 58.8. The summed E-state index contributed by atoms with van der Waals surface area (Å²) >= 11 is 0. The molecule has 0 aliphatic rings. The highest BCUT2D eigenvalue weighted by Crippen LogP contribution is 2.41. The second-order valence-electron chi connectivity index (χ2n) is 12.3. The number of oxazole rings is 1. The lowest BCUT2D eigenvalue weighted by molar-refractivity contribution is 0.623. The van der Waals surface area contributed by atoms with Gasteiger partial charge < -0.3 is 4.42 Å². The first-order valence-corrected chi connectivity index (χ1v) is 16.0. The Hall–Kier alpha value is -6.25. The molecular formula is C45H27NO. The van der Waals surface area contributed by atoms with Crippen LogP contribution in [0.15, 0.2) is 168 Å². The van der Waals surface area contributed by atoms with Crippen LogP contribution in [0.2, 0.25) is 0 Å². The quantitative estimate of drug-likeness (QED) is 0.189. The minimum Gasteiger partial charge on any atom is -0.435 e. The Labute approximate surface area is 271 Å². The molecule has 10 aromatic rings. The maximum Gasteiger partial charge on any atom is 0.227 e. The van der Waals surface area contributed by atoms with Crippen LogP contribution in [-0.4, -0.2) is 4.98 Å². The van der Waals surface area contributed by atoms with Gasteiger partial charge in [0.1, 0.15) is 5.52 Å². The second kappa shape index (κ2) is 10.1. The molecule has 9 aromatic carbocycles. The van der Waals surface area contributed by atoms with Crippen molar-refractivity contribution in [2.75, 3.05) is 0 Å². The van der Waals surface area contributed by atoms with Gasteiger partial charge in [-0.3, -0.25) is 0 Å². The maximum atomic E-state index is 6.40. The van der Waals surface area contributed by atoms with E-state index < -0.39 is 0 Å². The van der Waals surface area contributed by atoms with E-state index in [1.165, 1.54) is 59.8 Å². The molecule has 218 valence electrons. The average molecular weight is 598 g/mol. The summed E-state index contributed by atoms with van der Waals surface area (Å²) in [5.41, 5.74) is 7.46. The van der Waals surface area contributed by atoms with Crippen molar-refractivity contribution in [3.05, 3.63) is 164 Å². The SMILES string of the molecule is c1ccc(-c2nc3ccc4ccc(-c5ccc(-c6ccc7c8ccccc8c8ccccc8c7c6)c6ccccc56)cc4c3o2)cc1. The number of fused-ring (bicyclic) bond motifs is 10. The molecule has 0 bridgehead atoms. The van der Waals surface area contributed by atoms with Crippen molar-refractivity contribution in [1.82, 2.24) is 4.98 Å². The Morgan fingerprint density at radius 2 is 0.830 bits per heavy atom. The van der Waals surface area contributed by atoms with Gasteiger partial charge in [-0.25, -0.2) is 4.98 Å². The highest BCUT2D eigenvalue weighted by Gasteiger charge is 2.15. The molecule has 0 radical (unpaired) electrons. The molecule has 0 saturated carbocycles. The van der Waals surface area contributed by atoms with Gasteiger partial charge in [0, 0.05) is 10.9 Å². The molecule has 0 saturated heterocycles. The van der Waals surface area contributed by atoms with E-state index in [0.29, 0.717) is 5.89 Å². The monoisotopic (exact) mass is 597 g/mol. The fourth-order valence-electron chi connectivity index (χ4n) is 7.45. The Bertz CT molecular complexity index is 2810. The van der Waals surface area contributed by atoms with Crippen molar-refractivity contribution in [3.63, 3.8) is 0 Å². The topological polar surface area (TPSA) is 26.0 Å². The minimum absolute atomic E-state index is 0.643. The molecule has 0 aliphatic heterocycles. The molecule has 2 heteroatoms. The fraction of sp³-hybridized carbons (Fsp3) is 0. The Morgan fingerprint density at radius 3 is 1.47 bits per heavy atom. The lowest BCUT2D eigenvalue weighted by atomic mass is 9.89. The average Bonchev–Trinajstić information content (AvgIpc) is 3.60. The molecule has 0 spiro atoms. The number of hydrogen-bond acceptors (Lipinski definition) is 2. The standard InChI is InChI=1S/C45H27NO/c1-2-10-29(11-3-1)45-46-43-25-21-28-18-19-30(26-41(28)44(43)47-45)32-23-24-33(35-13-5-4-12-34(32)35)31-20-22-40-38-16-7-6-14-36(38)37-15-8-9-17-39(37)42(40)27-31/h1-27H. The van der Waals surface area contributed by atoms with E-state index in [4.69, 9.17) is 9.40 Å². The zero-order valence-electron chi connectivity index (χ0n) is 25.4. The van der Waals surface area contributed by atoms with Crippen molar-refractivity contribution in [2.45, 2.75) is 0 Å². The van der Waals surface area contributed by atoms with Crippen LogP contribution in [0.4, 0.5) is 0 Å². The second-order valence-corrected chi connectivity index (χ2v) is 12.3. The first kappa shape index (κ1) is 26.0. The minimum atomic E-state index is 0.643. The summed E-state index contributed by atoms with van der Waals surface area (Å²) in [6.45, 7) is 0. The summed E-state index contributed by atoms with van der Waals surface area (Å²) in [6.07, 6.45) is 0. The van der Waals surface area contributed by atoms with Crippen LogP contribution in [0.25, 0.3) is 98.7 Å². The van der Waals surface area contributed by atoms with Crippen molar-refractivity contribution in [3.8, 4) is 33.7 Å². The zero-order chi connectivity index (χ0) is 30.9. The van der Waals surface area contributed by atoms with Gasteiger partial charge in [0.15, 0.2) is 5.58 Å². The summed E-state index contributed by atoms with van der Waals surface area (Å²) in [5.74, 6) is 0.643. The van der Waals surface area contributed by atoms with E-state index in [1.54, 1.807) is 0 Å².